The van der Waals surface area contributed by atoms with Gasteiger partial charge in [0, 0.05) is 40.1 Å². The molecule has 0 amide bonds. The Bertz CT molecular complexity index is 1260. The number of phenolic OH excluding ortho intramolecular Hbond substituents is 1. The summed E-state index contributed by atoms with van der Waals surface area (Å²) in [6.45, 7) is 0. The first-order valence-corrected chi connectivity index (χ1v) is 8.49. The molecule has 0 saturated carbocycles. The van der Waals surface area contributed by atoms with Crippen molar-refractivity contribution in [1.29, 1.82) is 5.26 Å². The van der Waals surface area contributed by atoms with E-state index in [1.165, 1.54) is 6.08 Å². The minimum Gasteiger partial charge on any atom is -0.507 e. The monoisotopic (exact) mass is 348 g/mol. The van der Waals surface area contributed by atoms with Crippen LogP contribution in [0, 0.1) is 11.3 Å². The Morgan fingerprint density at radius 1 is 0.889 bits per heavy atom. The molecular formula is C23H12N2O2. The summed E-state index contributed by atoms with van der Waals surface area (Å²) in [4.78, 5) is 17.7. The van der Waals surface area contributed by atoms with Crippen LogP contribution in [0.2, 0.25) is 0 Å². The van der Waals surface area contributed by atoms with Gasteiger partial charge >= 0.3 is 0 Å². The van der Waals surface area contributed by atoms with Crippen molar-refractivity contribution in [2.75, 3.05) is 0 Å². The Balaban J connectivity index is 1.94. The molecule has 0 fully saturated rings. The molecule has 0 unspecified atom stereocenters. The largest absolute Gasteiger partial charge is 0.507 e. The van der Waals surface area contributed by atoms with Gasteiger partial charge < -0.3 is 5.11 Å². The Morgan fingerprint density at radius 3 is 2.44 bits per heavy atom. The number of nitrogens with zero attached hydrogens (tertiary/aromatic N) is 2. The molecular weight excluding hydrogens is 336 g/mol. The number of ketones is 1. The van der Waals surface area contributed by atoms with Crippen LogP contribution in [0.4, 0.5) is 0 Å². The van der Waals surface area contributed by atoms with Crippen molar-refractivity contribution in [2.45, 2.75) is 0 Å². The molecule has 126 valence electrons. The smallest absolute Gasteiger partial charge is 0.194 e. The van der Waals surface area contributed by atoms with Gasteiger partial charge in [0.1, 0.15) is 5.75 Å². The highest BCUT2D eigenvalue weighted by molar-refractivity contribution is 6.32. The second kappa shape index (κ2) is 5.52. The molecule has 2 aliphatic carbocycles. The number of rotatable bonds is 0. The Kier molecular flexibility index (Phi) is 3.12. The summed E-state index contributed by atoms with van der Waals surface area (Å²) < 4.78 is 0. The van der Waals surface area contributed by atoms with E-state index in [9.17, 15) is 15.2 Å². The number of Topliss-reactive ketones (excluding diaryl/α,β-unsaturated/α-hetero) is 1. The fraction of sp³-hybridized carbons (Fsp3) is 0. The van der Waals surface area contributed by atoms with Gasteiger partial charge in [-0.25, -0.2) is 0 Å². The Labute approximate surface area is 155 Å². The third kappa shape index (κ3) is 1.97. The molecule has 4 heteroatoms. The number of nitriles is 1. The van der Waals surface area contributed by atoms with Crippen molar-refractivity contribution in [1.82, 2.24) is 4.98 Å². The number of hydrogen-bond donors (Lipinski definition) is 1. The summed E-state index contributed by atoms with van der Waals surface area (Å²) in [6, 6.07) is 18.3. The zero-order chi connectivity index (χ0) is 18.5. The van der Waals surface area contributed by atoms with E-state index in [0.717, 1.165) is 16.7 Å². The second-order valence-electron chi connectivity index (χ2n) is 6.41. The fourth-order valence-electron chi connectivity index (χ4n) is 3.99. The highest BCUT2D eigenvalue weighted by Crippen LogP contribution is 2.52. The lowest BCUT2D eigenvalue weighted by Gasteiger charge is -2.08. The number of aromatic hydroxyl groups is 1. The van der Waals surface area contributed by atoms with Crippen molar-refractivity contribution < 1.29 is 9.90 Å². The predicted molar refractivity (Wildman–Crippen MR) is 102 cm³/mol. The molecule has 0 atom stereocenters. The van der Waals surface area contributed by atoms with Crippen LogP contribution in [0.15, 0.2) is 72.4 Å². The summed E-state index contributed by atoms with van der Waals surface area (Å²) in [5, 5.41) is 19.8. The lowest BCUT2D eigenvalue weighted by Crippen LogP contribution is -1.99. The van der Waals surface area contributed by atoms with Gasteiger partial charge in [-0.15, -0.1) is 0 Å². The number of benzene rings is 2. The molecule has 1 heterocycles. The third-order valence-corrected chi connectivity index (χ3v) is 5.04. The van der Waals surface area contributed by atoms with Crippen molar-refractivity contribution in [3.05, 3.63) is 94.7 Å². The molecule has 0 radical (unpaired) electrons. The van der Waals surface area contributed by atoms with Gasteiger partial charge in [0.2, 0.25) is 0 Å². The van der Waals surface area contributed by atoms with Gasteiger partial charge in [0.25, 0.3) is 0 Å². The standard InChI is InChI=1S/C23H12N2O2/c24-11-10-14-13-5-1-2-6-15(13)23(27)21(14)19-16-7-3-9-18(26)20(16)22-17(19)8-4-12-25-22/h1-10,12,26H/b14-10?,21-19-. The molecule has 5 rings (SSSR count). The molecule has 2 aliphatic rings. The van der Waals surface area contributed by atoms with Gasteiger partial charge in [-0.2, -0.15) is 5.26 Å². The summed E-state index contributed by atoms with van der Waals surface area (Å²) in [7, 11) is 0. The topological polar surface area (TPSA) is 74.0 Å². The van der Waals surface area contributed by atoms with Crippen LogP contribution in [0.1, 0.15) is 27.0 Å². The van der Waals surface area contributed by atoms with Crippen molar-refractivity contribution in [2.24, 2.45) is 0 Å². The fourth-order valence-corrected chi connectivity index (χ4v) is 3.99. The van der Waals surface area contributed by atoms with E-state index < -0.39 is 0 Å². The predicted octanol–water partition coefficient (Wildman–Crippen LogP) is 4.37. The van der Waals surface area contributed by atoms with E-state index in [4.69, 9.17) is 0 Å². The first kappa shape index (κ1) is 15.3. The zero-order valence-corrected chi connectivity index (χ0v) is 14.1. The molecule has 1 aromatic heterocycles. The molecule has 0 aliphatic heterocycles. The van der Waals surface area contributed by atoms with Crippen LogP contribution >= 0.6 is 0 Å². The van der Waals surface area contributed by atoms with Crippen LogP contribution in [0.3, 0.4) is 0 Å². The maximum absolute atomic E-state index is 13.3. The van der Waals surface area contributed by atoms with Crippen molar-refractivity contribution >= 4 is 16.9 Å². The average molecular weight is 348 g/mol. The molecule has 0 spiro atoms. The zero-order valence-electron chi connectivity index (χ0n) is 14.1. The quantitative estimate of drug-likeness (QED) is 0.378. The maximum Gasteiger partial charge on any atom is 0.194 e. The van der Waals surface area contributed by atoms with Gasteiger partial charge in [-0.1, -0.05) is 42.5 Å². The highest BCUT2D eigenvalue weighted by Gasteiger charge is 2.37. The number of fused-ring (bicyclic) bond motifs is 4. The molecule has 0 bridgehead atoms. The van der Waals surface area contributed by atoms with Gasteiger partial charge in [-0.05, 0) is 23.3 Å². The second-order valence-corrected chi connectivity index (χ2v) is 6.41. The average Bonchev–Trinajstić information content (AvgIpc) is 3.16. The van der Waals surface area contributed by atoms with Crippen molar-refractivity contribution in [3.63, 3.8) is 0 Å². The number of aromatic nitrogens is 1. The van der Waals surface area contributed by atoms with Gasteiger partial charge in [0.15, 0.2) is 5.78 Å². The van der Waals surface area contributed by atoms with E-state index in [0.29, 0.717) is 33.5 Å². The highest BCUT2D eigenvalue weighted by atomic mass is 16.3. The first-order chi connectivity index (χ1) is 13.2. The number of carbonyl (C=O) groups excluding carboxylic acids is 1. The molecule has 1 N–H and O–H groups in total. The number of allylic oxidation sites excluding steroid dienone is 3. The minimum absolute atomic E-state index is 0.118. The number of carbonyl (C=O) groups is 1. The van der Waals surface area contributed by atoms with Gasteiger partial charge in [-0.3, -0.25) is 9.78 Å². The lowest BCUT2D eigenvalue weighted by atomic mass is 9.93. The van der Waals surface area contributed by atoms with E-state index in [2.05, 4.69) is 11.1 Å². The lowest BCUT2D eigenvalue weighted by molar-refractivity contribution is 0.104. The molecule has 27 heavy (non-hydrogen) atoms. The molecule has 2 aromatic carbocycles. The molecule has 4 nitrogen and oxygen atoms in total. The number of pyridine rings is 1. The maximum atomic E-state index is 13.3. The number of hydrogen-bond acceptors (Lipinski definition) is 4. The van der Waals surface area contributed by atoms with E-state index >= 15 is 0 Å². The van der Waals surface area contributed by atoms with E-state index in [1.807, 2.05) is 36.4 Å². The summed E-state index contributed by atoms with van der Waals surface area (Å²) >= 11 is 0. The molecule has 0 saturated heterocycles. The Hall–Kier alpha value is -3.97. The summed E-state index contributed by atoms with van der Waals surface area (Å²) in [5.41, 5.74) is 5.95. The van der Waals surface area contributed by atoms with Crippen LogP contribution in [-0.2, 0) is 0 Å². The van der Waals surface area contributed by atoms with Gasteiger partial charge in [0.05, 0.1) is 17.3 Å². The Morgan fingerprint density at radius 2 is 1.63 bits per heavy atom. The third-order valence-electron chi connectivity index (χ3n) is 5.04. The van der Waals surface area contributed by atoms with Crippen LogP contribution < -0.4 is 0 Å². The summed E-state index contributed by atoms with van der Waals surface area (Å²) in [5.74, 6) is 0.00455. The van der Waals surface area contributed by atoms with Crippen LogP contribution in [-0.4, -0.2) is 15.9 Å². The normalized spacial score (nSPS) is 18.2. The first-order valence-electron chi connectivity index (χ1n) is 8.49. The van der Waals surface area contributed by atoms with E-state index in [-0.39, 0.29) is 11.5 Å². The van der Waals surface area contributed by atoms with Crippen LogP contribution in [0.25, 0.3) is 22.4 Å². The summed E-state index contributed by atoms with van der Waals surface area (Å²) in [6.07, 6.45) is 3.09. The SMILES string of the molecule is N#CC=C1/C(=C2/c3cccnc3-c3c(O)cccc32)C(=O)c2ccccc21. The van der Waals surface area contributed by atoms with Crippen LogP contribution in [0.5, 0.6) is 5.75 Å². The minimum atomic E-state index is -0.118. The van der Waals surface area contributed by atoms with E-state index in [1.54, 1.807) is 24.4 Å². The number of phenols is 1. The molecule has 3 aromatic rings. The van der Waals surface area contributed by atoms with Crippen molar-refractivity contribution in [3.8, 4) is 23.1 Å².